The van der Waals surface area contributed by atoms with Gasteiger partial charge in [0.15, 0.2) is 0 Å². The van der Waals surface area contributed by atoms with Gasteiger partial charge in [0.1, 0.15) is 0 Å². The molecule has 2 heterocycles. The summed E-state index contributed by atoms with van der Waals surface area (Å²) in [6.45, 7) is 0. The van der Waals surface area contributed by atoms with Gasteiger partial charge in [-0.05, 0) is 15.9 Å². The lowest BCUT2D eigenvalue weighted by atomic mass is 10.2. The van der Waals surface area contributed by atoms with Gasteiger partial charge < -0.3 is 5.73 Å². The van der Waals surface area contributed by atoms with Gasteiger partial charge in [0, 0.05) is 12.4 Å². The lowest BCUT2D eigenvalue weighted by molar-refractivity contribution is 0.664. The Balaban J connectivity index is 2.41. The number of nitrogens with zero attached hydrogens (tertiary/aromatic N) is 3. The molecule has 0 radical (unpaired) electrons. The molecule has 2 N–H and O–H groups in total. The summed E-state index contributed by atoms with van der Waals surface area (Å²) in [6, 6.07) is -0.219. The number of aryl methyl sites for hydroxylation is 1. The molecule has 14 heavy (non-hydrogen) atoms. The van der Waals surface area contributed by atoms with Crippen molar-refractivity contribution in [3.8, 4) is 0 Å². The van der Waals surface area contributed by atoms with Crippen LogP contribution < -0.4 is 5.73 Å². The zero-order chi connectivity index (χ0) is 10.1. The Bertz CT molecular complexity index is 403. The van der Waals surface area contributed by atoms with Crippen molar-refractivity contribution in [2.24, 2.45) is 12.8 Å². The van der Waals surface area contributed by atoms with E-state index < -0.39 is 0 Å². The molecule has 0 amide bonds. The number of hydrogen-bond acceptors (Lipinski definition) is 4. The smallest absolute Gasteiger partial charge is 0.0916 e. The van der Waals surface area contributed by atoms with E-state index in [0.717, 1.165) is 15.9 Å². The Morgan fingerprint density at radius 1 is 1.64 bits per heavy atom. The van der Waals surface area contributed by atoms with Gasteiger partial charge in [-0.3, -0.25) is 4.68 Å². The van der Waals surface area contributed by atoms with Gasteiger partial charge in [0.2, 0.25) is 0 Å². The summed E-state index contributed by atoms with van der Waals surface area (Å²) in [5, 5.41) is 6.06. The van der Waals surface area contributed by atoms with Gasteiger partial charge in [0.05, 0.1) is 33.6 Å². The maximum Gasteiger partial charge on any atom is 0.0916 e. The molecule has 4 nitrogen and oxygen atoms in total. The third-order valence-electron chi connectivity index (χ3n) is 2.00. The predicted octanol–water partition coefficient (Wildman–Crippen LogP) is 1.69. The maximum absolute atomic E-state index is 6.06. The first-order valence-electron chi connectivity index (χ1n) is 4.01. The Labute approximate surface area is 93.9 Å². The summed E-state index contributed by atoms with van der Waals surface area (Å²) >= 11 is 4.96. The van der Waals surface area contributed by atoms with Gasteiger partial charge in [-0.2, -0.15) is 5.10 Å². The normalized spacial score (nSPS) is 13.1. The average molecular weight is 273 g/mol. The molecule has 0 aromatic carbocycles. The van der Waals surface area contributed by atoms with Gasteiger partial charge in [0.25, 0.3) is 0 Å². The highest BCUT2D eigenvalue weighted by Crippen LogP contribution is 2.25. The molecule has 1 unspecified atom stereocenters. The van der Waals surface area contributed by atoms with E-state index in [2.05, 4.69) is 26.0 Å². The highest BCUT2D eigenvalue weighted by molar-refractivity contribution is 9.10. The second-order valence-corrected chi connectivity index (χ2v) is 4.47. The highest BCUT2D eigenvalue weighted by Gasteiger charge is 2.17. The fraction of sp³-hybridized carbons (Fsp3) is 0.250. The van der Waals surface area contributed by atoms with Crippen molar-refractivity contribution in [2.45, 2.75) is 6.04 Å². The first kappa shape index (κ1) is 9.82. The molecule has 0 saturated heterocycles. The molecule has 0 saturated carbocycles. The number of rotatable bonds is 2. The van der Waals surface area contributed by atoms with Gasteiger partial charge >= 0.3 is 0 Å². The standard InChI is InChI=1S/C8H9BrN4S/c1-13-8(5(9)2-12-13)7(10)6-3-14-4-11-6/h2-4,7H,10H2,1H3. The average Bonchev–Trinajstić information content (AvgIpc) is 2.75. The summed E-state index contributed by atoms with van der Waals surface area (Å²) in [7, 11) is 1.87. The Morgan fingerprint density at radius 2 is 2.43 bits per heavy atom. The summed E-state index contributed by atoms with van der Waals surface area (Å²) < 4.78 is 2.68. The molecule has 2 rings (SSSR count). The van der Waals surface area contributed by atoms with Crippen LogP contribution in [-0.4, -0.2) is 14.8 Å². The molecule has 2 aromatic heterocycles. The van der Waals surface area contributed by atoms with Crippen LogP contribution in [0.1, 0.15) is 17.4 Å². The lowest BCUT2D eigenvalue weighted by Gasteiger charge is -2.09. The predicted molar refractivity (Wildman–Crippen MR) is 59.1 cm³/mol. The summed E-state index contributed by atoms with van der Waals surface area (Å²) in [5.41, 5.74) is 9.65. The van der Waals surface area contributed by atoms with E-state index in [4.69, 9.17) is 5.73 Å². The van der Waals surface area contributed by atoms with Crippen molar-refractivity contribution in [3.05, 3.63) is 32.9 Å². The number of nitrogens with two attached hydrogens (primary N) is 1. The van der Waals surface area contributed by atoms with Crippen molar-refractivity contribution in [1.82, 2.24) is 14.8 Å². The number of halogens is 1. The first-order chi connectivity index (χ1) is 6.70. The molecule has 6 heteroatoms. The van der Waals surface area contributed by atoms with Crippen LogP contribution >= 0.6 is 27.3 Å². The van der Waals surface area contributed by atoms with E-state index in [-0.39, 0.29) is 6.04 Å². The molecule has 1 atom stereocenters. The van der Waals surface area contributed by atoms with Crippen LogP contribution in [0.4, 0.5) is 0 Å². The van der Waals surface area contributed by atoms with Crippen LogP contribution in [0, 0.1) is 0 Å². The van der Waals surface area contributed by atoms with Gasteiger partial charge in [-0.1, -0.05) is 0 Å². The third-order valence-corrected chi connectivity index (χ3v) is 3.22. The Morgan fingerprint density at radius 3 is 2.93 bits per heavy atom. The molecule has 0 spiro atoms. The SMILES string of the molecule is Cn1ncc(Br)c1C(N)c1cscn1. The van der Waals surface area contributed by atoms with Gasteiger partial charge in [-0.25, -0.2) is 4.98 Å². The fourth-order valence-corrected chi connectivity index (χ4v) is 2.47. The minimum atomic E-state index is -0.219. The number of thiazole rings is 1. The van der Waals surface area contributed by atoms with E-state index in [1.54, 1.807) is 27.7 Å². The third kappa shape index (κ3) is 1.60. The van der Waals surface area contributed by atoms with Crippen molar-refractivity contribution in [3.63, 3.8) is 0 Å². The van der Waals surface area contributed by atoms with Crippen molar-refractivity contribution < 1.29 is 0 Å². The van der Waals surface area contributed by atoms with Crippen LogP contribution in [-0.2, 0) is 7.05 Å². The van der Waals surface area contributed by atoms with Crippen molar-refractivity contribution >= 4 is 27.3 Å². The van der Waals surface area contributed by atoms with E-state index in [1.165, 1.54) is 0 Å². The van der Waals surface area contributed by atoms with Crippen LogP contribution in [0.3, 0.4) is 0 Å². The van der Waals surface area contributed by atoms with E-state index >= 15 is 0 Å². The minimum absolute atomic E-state index is 0.219. The highest BCUT2D eigenvalue weighted by atomic mass is 79.9. The molecule has 2 aromatic rings. The minimum Gasteiger partial charge on any atom is -0.318 e. The molecule has 0 fully saturated rings. The van der Waals surface area contributed by atoms with Crippen LogP contribution in [0.5, 0.6) is 0 Å². The zero-order valence-corrected chi connectivity index (χ0v) is 9.92. The fourth-order valence-electron chi connectivity index (χ4n) is 1.29. The largest absolute Gasteiger partial charge is 0.318 e. The molecule has 74 valence electrons. The first-order valence-corrected chi connectivity index (χ1v) is 5.75. The molecule has 0 aliphatic heterocycles. The van der Waals surface area contributed by atoms with E-state index in [0.29, 0.717) is 0 Å². The Kier molecular flexibility index (Phi) is 2.66. The monoisotopic (exact) mass is 272 g/mol. The molecule has 0 bridgehead atoms. The summed E-state index contributed by atoms with van der Waals surface area (Å²) in [4.78, 5) is 4.19. The van der Waals surface area contributed by atoms with Crippen LogP contribution in [0.2, 0.25) is 0 Å². The van der Waals surface area contributed by atoms with Crippen LogP contribution in [0.15, 0.2) is 21.6 Å². The van der Waals surface area contributed by atoms with Crippen molar-refractivity contribution in [2.75, 3.05) is 0 Å². The quantitative estimate of drug-likeness (QED) is 0.905. The van der Waals surface area contributed by atoms with E-state index in [1.807, 2.05) is 12.4 Å². The Hall–Kier alpha value is -0.720. The van der Waals surface area contributed by atoms with Gasteiger partial charge in [-0.15, -0.1) is 11.3 Å². The summed E-state index contributed by atoms with van der Waals surface area (Å²) in [5.74, 6) is 0. The summed E-state index contributed by atoms with van der Waals surface area (Å²) in [6.07, 6.45) is 1.74. The molecular formula is C8H9BrN4S. The van der Waals surface area contributed by atoms with Crippen molar-refractivity contribution in [1.29, 1.82) is 0 Å². The second kappa shape index (κ2) is 3.80. The zero-order valence-electron chi connectivity index (χ0n) is 7.51. The molecular weight excluding hydrogens is 264 g/mol. The van der Waals surface area contributed by atoms with Crippen LogP contribution in [0.25, 0.3) is 0 Å². The molecule has 0 aliphatic rings. The second-order valence-electron chi connectivity index (χ2n) is 2.89. The maximum atomic E-state index is 6.06. The number of aromatic nitrogens is 3. The van der Waals surface area contributed by atoms with E-state index in [9.17, 15) is 0 Å². The lowest BCUT2D eigenvalue weighted by Crippen LogP contribution is -2.16. The number of hydrogen-bond donors (Lipinski definition) is 1. The molecule has 0 aliphatic carbocycles. The topological polar surface area (TPSA) is 56.7 Å².